The van der Waals surface area contributed by atoms with Gasteiger partial charge in [0.1, 0.15) is 6.04 Å². The Morgan fingerprint density at radius 3 is 2.73 bits per heavy atom. The van der Waals surface area contributed by atoms with Gasteiger partial charge in [0.2, 0.25) is 5.91 Å². The molecule has 0 radical (unpaired) electrons. The zero-order chi connectivity index (χ0) is 26.0. The second-order valence-corrected chi connectivity index (χ2v) is 9.56. The van der Waals surface area contributed by atoms with Crippen LogP contribution in [-0.2, 0) is 28.2 Å². The summed E-state index contributed by atoms with van der Waals surface area (Å²) in [6.45, 7) is 0.245. The van der Waals surface area contributed by atoms with E-state index >= 15 is 0 Å². The van der Waals surface area contributed by atoms with E-state index in [0.717, 1.165) is 5.56 Å². The predicted molar refractivity (Wildman–Crippen MR) is 136 cm³/mol. The Morgan fingerprint density at radius 1 is 1.19 bits per heavy atom. The van der Waals surface area contributed by atoms with Gasteiger partial charge in [-0.1, -0.05) is 41.9 Å². The van der Waals surface area contributed by atoms with Gasteiger partial charge in [-0.05, 0) is 35.9 Å². The van der Waals surface area contributed by atoms with E-state index in [2.05, 4.69) is 15.6 Å². The SMILES string of the molecule is O=C1Nc2ccc(Cl)cc2C2(CCN(C(=O)C(Cc3ccccc3)NC(=O)c3ccc(CO)nc3)C2)O1. The molecule has 0 aliphatic carbocycles. The lowest BCUT2D eigenvalue weighted by molar-refractivity contribution is -0.133. The quantitative estimate of drug-likeness (QED) is 0.459. The lowest BCUT2D eigenvalue weighted by Gasteiger charge is -2.35. The van der Waals surface area contributed by atoms with Crippen LogP contribution in [0.15, 0.2) is 66.9 Å². The molecule has 2 aromatic carbocycles. The summed E-state index contributed by atoms with van der Waals surface area (Å²) in [7, 11) is 0. The highest BCUT2D eigenvalue weighted by Crippen LogP contribution is 2.43. The number of anilines is 1. The molecule has 1 saturated heterocycles. The Morgan fingerprint density at radius 2 is 2.00 bits per heavy atom. The van der Waals surface area contributed by atoms with Crippen LogP contribution in [-0.4, -0.2) is 52.0 Å². The number of aliphatic hydroxyl groups excluding tert-OH is 1. The Kier molecular flexibility index (Phi) is 6.82. The number of aliphatic hydroxyl groups is 1. The van der Waals surface area contributed by atoms with Crippen molar-refractivity contribution >= 4 is 35.2 Å². The lowest BCUT2D eigenvalue weighted by atomic mass is 9.90. The number of rotatable bonds is 6. The molecule has 2 aliphatic heterocycles. The van der Waals surface area contributed by atoms with Crippen molar-refractivity contribution in [3.8, 4) is 0 Å². The average Bonchev–Trinajstić information content (AvgIpc) is 3.33. The smallest absolute Gasteiger partial charge is 0.412 e. The number of hydrogen-bond donors (Lipinski definition) is 3. The van der Waals surface area contributed by atoms with Crippen LogP contribution in [0.2, 0.25) is 5.02 Å². The Bertz CT molecular complexity index is 1330. The topological polar surface area (TPSA) is 121 Å². The van der Waals surface area contributed by atoms with Crippen molar-refractivity contribution in [3.63, 3.8) is 0 Å². The second kappa shape index (κ2) is 10.2. The molecule has 190 valence electrons. The zero-order valence-electron chi connectivity index (χ0n) is 19.8. The van der Waals surface area contributed by atoms with Crippen molar-refractivity contribution in [1.29, 1.82) is 0 Å². The maximum Gasteiger partial charge on any atom is 0.412 e. The third kappa shape index (κ3) is 5.14. The molecule has 3 N–H and O–H groups in total. The third-order valence-electron chi connectivity index (χ3n) is 6.68. The Hall–Kier alpha value is -3.95. The fourth-order valence-corrected chi connectivity index (χ4v) is 4.98. The number of hydrogen-bond acceptors (Lipinski definition) is 6. The molecule has 10 heteroatoms. The van der Waals surface area contributed by atoms with Crippen LogP contribution in [0.4, 0.5) is 10.5 Å². The van der Waals surface area contributed by atoms with Crippen LogP contribution in [0.5, 0.6) is 0 Å². The molecular formula is C27H25ClN4O5. The van der Waals surface area contributed by atoms with E-state index in [1.807, 2.05) is 30.3 Å². The monoisotopic (exact) mass is 520 g/mol. The van der Waals surface area contributed by atoms with Crippen molar-refractivity contribution < 1.29 is 24.2 Å². The van der Waals surface area contributed by atoms with Gasteiger partial charge in [-0.15, -0.1) is 0 Å². The first-order valence-electron chi connectivity index (χ1n) is 11.9. The summed E-state index contributed by atoms with van der Waals surface area (Å²) in [4.78, 5) is 44.8. The molecule has 2 atom stereocenters. The van der Waals surface area contributed by atoms with Gasteiger partial charge >= 0.3 is 6.09 Å². The molecule has 9 nitrogen and oxygen atoms in total. The summed E-state index contributed by atoms with van der Waals surface area (Å²) in [5.41, 5.74) is 1.89. The molecule has 3 heterocycles. The molecule has 1 aromatic heterocycles. The van der Waals surface area contributed by atoms with Gasteiger partial charge in [0.15, 0.2) is 5.60 Å². The Balaban J connectivity index is 1.39. The highest BCUT2D eigenvalue weighted by Gasteiger charge is 2.49. The van der Waals surface area contributed by atoms with Gasteiger partial charge in [0.05, 0.1) is 30.1 Å². The fourth-order valence-electron chi connectivity index (χ4n) is 4.81. The van der Waals surface area contributed by atoms with Gasteiger partial charge in [-0.3, -0.25) is 19.9 Å². The summed E-state index contributed by atoms with van der Waals surface area (Å²) in [6.07, 6.45) is 1.46. The molecule has 1 spiro atoms. The first kappa shape index (κ1) is 24.7. The molecule has 0 bridgehead atoms. The minimum absolute atomic E-state index is 0.139. The minimum Gasteiger partial charge on any atom is -0.436 e. The average molecular weight is 521 g/mol. The van der Waals surface area contributed by atoms with Crippen LogP contribution >= 0.6 is 11.6 Å². The minimum atomic E-state index is -1.02. The number of fused-ring (bicyclic) bond motifs is 2. The predicted octanol–water partition coefficient (Wildman–Crippen LogP) is 3.26. The van der Waals surface area contributed by atoms with E-state index in [9.17, 15) is 19.5 Å². The molecule has 2 aliphatic rings. The molecule has 0 saturated carbocycles. The van der Waals surface area contributed by atoms with Crippen molar-refractivity contribution in [2.45, 2.75) is 31.1 Å². The van der Waals surface area contributed by atoms with Crippen LogP contribution < -0.4 is 10.6 Å². The first-order chi connectivity index (χ1) is 17.9. The number of carbonyl (C=O) groups excluding carboxylic acids is 3. The van der Waals surface area contributed by atoms with Crippen molar-refractivity contribution in [3.05, 3.63) is 94.3 Å². The summed E-state index contributed by atoms with van der Waals surface area (Å²) in [5.74, 6) is -0.738. The number of nitrogens with one attached hydrogen (secondary N) is 2. The van der Waals surface area contributed by atoms with E-state index in [4.69, 9.17) is 16.3 Å². The lowest BCUT2D eigenvalue weighted by Crippen LogP contribution is -2.50. The summed E-state index contributed by atoms with van der Waals surface area (Å²) < 4.78 is 5.75. The van der Waals surface area contributed by atoms with E-state index in [1.54, 1.807) is 35.2 Å². The number of halogens is 1. The number of benzene rings is 2. The number of aromatic nitrogens is 1. The molecule has 5 rings (SSSR count). The van der Waals surface area contributed by atoms with Gasteiger partial charge in [-0.2, -0.15) is 0 Å². The molecule has 1 fully saturated rings. The molecule has 3 aromatic rings. The van der Waals surface area contributed by atoms with E-state index in [-0.39, 0.29) is 31.0 Å². The number of likely N-dealkylation sites (tertiary alicyclic amines) is 1. The Labute approximate surface area is 218 Å². The van der Waals surface area contributed by atoms with Crippen molar-refractivity contribution in [2.75, 3.05) is 18.4 Å². The zero-order valence-corrected chi connectivity index (χ0v) is 20.6. The highest BCUT2D eigenvalue weighted by atomic mass is 35.5. The van der Waals surface area contributed by atoms with Crippen LogP contribution in [0.3, 0.4) is 0 Å². The first-order valence-corrected chi connectivity index (χ1v) is 12.2. The summed E-state index contributed by atoms with van der Waals surface area (Å²) >= 11 is 6.23. The molecule has 37 heavy (non-hydrogen) atoms. The van der Waals surface area contributed by atoms with Gasteiger partial charge in [0.25, 0.3) is 5.91 Å². The summed E-state index contributed by atoms with van der Waals surface area (Å²) in [5, 5.41) is 15.2. The maximum atomic E-state index is 13.8. The molecule has 2 unspecified atom stereocenters. The van der Waals surface area contributed by atoms with Crippen molar-refractivity contribution in [1.82, 2.24) is 15.2 Å². The second-order valence-electron chi connectivity index (χ2n) is 9.12. The van der Waals surface area contributed by atoms with E-state index < -0.39 is 23.6 Å². The van der Waals surface area contributed by atoms with Crippen LogP contribution in [0.1, 0.15) is 33.6 Å². The maximum absolute atomic E-state index is 13.8. The van der Waals surface area contributed by atoms with E-state index in [0.29, 0.717) is 34.9 Å². The fraction of sp³-hybridized carbons (Fsp3) is 0.259. The van der Waals surface area contributed by atoms with Crippen molar-refractivity contribution in [2.24, 2.45) is 0 Å². The third-order valence-corrected chi connectivity index (χ3v) is 6.91. The van der Waals surface area contributed by atoms with Gasteiger partial charge in [0, 0.05) is 36.2 Å². The van der Waals surface area contributed by atoms with Crippen LogP contribution in [0.25, 0.3) is 0 Å². The molecular weight excluding hydrogens is 496 g/mol. The number of carbonyl (C=O) groups is 3. The molecule has 3 amide bonds. The van der Waals surface area contributed by atoms with Gasteiger partial charge in [-0.25, -0.2) is 4.79 Å². The highest BCUT2D eigenvalue weighted by molar-refractivity contribution is 6.30. The standard InChI is InChI=1S/C27H25ClN4O5/c28-19-7-9-22-21(13-19)27(37-26(36)31-22)10-11-32(16-27)25(35)23(12-17-4-2-1-3-5-17)30-24(34)18-6-8-20(15-33)29-14-18/h1-9,13-14,23,33H,10-12,15-16H2,(H,30,34)(H,31,36). The van der Waals surface area contributed by atoms with E-state index in [1.165, 1.54) is 6.20 Å². The summed E-state index contributed by atoms with van der Waals surface area (Å²) in [6, 6.07) is 16.8. The van der Waals surface area contributed by atoms with Gasteiger partial charge < -0.3 is 20.1 Å². The number of pyridine rings is 1. The normalized spacial score (nSPS) is 19.1. The number of amides is 3. The largest absolute Gasteiger partial charge is 0.436 e. The number of ether oxygens (including phenoxy) is 1. The van der Waals surface area contributed by atoms with Crippen LogP contribution in [0, 0.1) is 0 Å². The number of nitrogens with zero attached hydrogens (tertiary/aromatic N) is 2.